The van der Waals surface area contributed by atoms with Crippen LogP contribution in [-0.4, -0.2) is 18.3 Å². The SMILES string of the molecule is OC(c1ccc2c(c1)OCCCO2)c1ccccc1I. The summed E-state index contributed by atoms with van der Waals surface area (Å²) in [5.74, 6) is 1.46. The normalized spacial score (nSPS) is 15.5. The first-order valence-corrected chi connectivity index (χ1v) is 7.65. The van der Waals surface area contributed by atoms with Gasteiger partial charge in [-0.05, 0) is 51.9 Å². The van der Waals surface area contributed by atoms with Gasteiger partial charge < -0.3 is 14.6 Å². The van der Waals surface area contributed by atoms with Crippen LogP contribution in [0.3, 0.4) is 0 Å². The van der Waals surface area contributed by atoms with Gasteiger partial charge in [-0.1, -0.05) is 24.3 Å². The minimum absolute atomic E-state index is 0.648. The Kier molecular flexibility index (Phi) is 4.12. The van der Waals surface area contributed by atoms with E-state index in [1.165, 1.54) is 0 Å². The van der Waals surface area contributed by atoms with E-state index in [0.29, 0.717) is 19.0 Å². The Morgan fingerprint density at radius 2 is 1.75 bits per heavy atom. The van der Waals surface area contributed by atoms with Crippen molar-refractivity contribution in [2.75, 3.05) is 13.2 Å². The van der Waals surface area contributed by atoms with Gasteiger partial charge in [0.2, 0.25) is 0 Å². The smallest absolute Gasteiger partial charge is 0.161 e. The van der Waals surface area contributed by atoms with Crippen LogP contribution < -0.4 is 9.47 Å². The van der Waals surface area contributed by atoms with Crippen molar-refractivity contribution >= 4 is 22.6 Å². The molecule has 2 aromatic rings. The van der Waals surface area contributed by atoms with E-state index in [4.69, 9.17) is 9.47 Å². The van der Waals surface area contributed by atoms with Crippen LogP contribution in [0.2, 0.25) is 0 Å². The number of hydrogen-bond donors (Lipinski definition) is 1. The lowest BCUT2D eigenvalue weighted by molar-refractivity contribution is 0.218. The Morgan fingerprint density at radius 1 is 1.00 bits per heavy atom. The van der Waals surface area contributed by atoms with Crippen molar-refractivity contribution < 1.29 is 14.6 Å². The Morgan fingerprint density at radius 3 is 2.55 bits per heavy atom. The van der Waals surface area contributed by atoms with Crippen LogP contribution in [0, 0.1) is 3.57 Å². The van der Waals surface area contributed by atoms with E-state index in [2.05, 4.69) is 22.6 Å². The monoisotopic (exact) mass is 382 g/mol. The maximum absolute atomic E-state index is 10.5. The number of fused-ring (bicyclic) bond motifs is 1. The van der Waals surface area contributed by atoms with Gasteiger partial charge in [0.05, 0.1) is 13.2 Å². The van der Waals surface area contributed by atoms with Crippen LogP contribution in [0.5, 0.6) is 11.5 Å². The minimum Gasteiger partial charge on any atom is -0.490 e. The third-order valence-corrected chi connectivity index (χ3v) is 4.27. The second kappa shape index (κ2) is 6.01. The molecule has 1 aliphatic heterocycles. The van der Waals surface area contributed by atoms with Crippen LogP contribution in [0.1, 0.15) is 23.7 Å². The molecule has 0 bridgehead atoms. The van der Waals surface area contributed by atoms with Gasteiger partial charge >= 0.3 is 0 Å². The van der Waals surface area contributed by atoms with Gasteiger partial charge in [0.1, 0.15) is 6.10 Å². The Labute approximate surface area is 131 Å². The Hall–Kier alpha value is -1.27. The van der Waals surface area contributed by atoms with Gasteiger partial charge in [-0.3, -0.25) is 0 Å². The van der Waals surface area contributed by atoms with Crippen molar-refractivity contribution in [3.05, 3.63) is 57.2 Å². The fraction of sp³-hybridized carbons (Fsp3) is 0.250. The zero-order valence-corrected chi connectivity index (χ0v) is 13.0. The molecule has 20 heavy (non-hydrogen) atoms. The molecule has 0 radical (unpaired) electrons. The van der Waals surface area contributed by atoms with Crippen LogP contribution in [-0.2, 0) is 0 Å². The highest BCUT2D eigenvalue weighted by molar-refractivity contribution is 14.1. The molecule has 2 aromatic carbocycles. The highest BCUT2D eigenvalue weighted by Gasteiger charge is 2.17. The van der Waals surface area contributed by atoms with Crippen molar-refractivity contribution in [1.29, 1.82) is 0 Å². The van der Waals surface area contributed by atoms with Crippen molar-refractivity contribution in [3.8, 4) is 11.5 Å². The van der Waals surface area contributed by atoms with Crippen LogP contribution in [0.15, 0.2) is 42.5 Å². The average Bonchev–Trinajstić information content (AvgIpc) is 2.71. The van der Waals surface area contributed by atoms with Gasteiger partial charge in [-0.25, -0.2) is 0 Å². The Bertz CT molecular complexity index is 612. The molecule has 1 unspecified atom stereocenters. The lowest BCUT2D eigenvalue weighted by Gasteiger charge is -2.15. The summed E-state index contributed by atoms with van der Waals surface area (Å²) >= 11 is 2.24. The fourth-order valence-electron chi connectivity index (χ4n) is 2.23. The van der Waals surface area contributed by atoms with E-state index in [1.54, 1.807) is 0 Å². The Balaban J connectivity index is 1.94. The van der Waals surface area contributed by atoms with E-state index in [1.807, 2.05) is 42.5 Å². The van der Waals surface area contributed by atoms with Crippen molar-refractivity contribution in [3.63, 3.8) is 0 Å². The molecule has 1 aliphatic rings. The molecule has 0 aliphatic carbocycles. The molecule has 104 valence electrons. The molecule has 0 amide bonds. The number of halogens is 1. The third kappa shape index (κ3) is 2.76. The van der Waals surface area contributed by atoms with E-state index in [9.17, 15) is 5.11 Å². The van der Waals surface area contributed by atoms with Gasteiger partial charge in [0.15, 0.2) is 11.5 Å². The van der Waals surface area contributed by atoms with Gasteiger partial charge in [0, 0.05) is 9.99 Å². The number of aliphatic hydroxyl groups is 1. The van der Waals surface area contributed by atoms with Crippen molar-refractivity contribution in [2.24, 2.45) is 0 Å². The van der Waals surface area contributed by atoms with E-state index >= 15 is 0 Å². The topological polar surface area (TPSA) is 38.7 Å². The maximum atomic E-state index is 10.5. The summed E-state index contributed by atoms with van der Waals surface area (Å²) in [6.45, 7) is 1.32. The predicted molar refractivity (Wildman–Crippen MR) is 85.3 cm³/mol. The number of benzene rings is 2. The summed E-state index contributed by atoms with van der Waals surface area (Å²) in [5, 5.41) is 10.5. The zero-order chi connectivity index (χ0) is 13.9. The molecule has 3 rings (SSSR count). The summed E-state index contributed by atoms with van der Waals surface area (Å²) in [4.78, 5) is 0. The van der Waals surface area contributed by atoms with Gasteiger partial charge in [0.25, 0.3) is 0 Å². The lowest BCUT2D eigenvalue weighted by atomic mass is 10.0. The van der Waals surface area contributed by atoms with Crippen LogP contribution >= 0.6 is 22.6 Å². The fourth-order valence-corrected chi connectivity index (χ4v) is 2.91. The van der Waals surface area contributed by atoms with E-state index < -0.39 is 6.10 Å². The second-order valence-corrected chi connectivity index (χ2v) is 5.84. The molecule has 0 aromatic heterocycles. The molecule has 1 atom stereocenters. The van der Waals surface area contributed by atoms with Crippen molar-refractivity contribution in [1.82, 2.24) is 0 Å². The van der Waals surface area contributed by atoms with Crippen LogP contribution in [0.25, 0.3) is 0 Å². The molecule has 4 heteroatoms. The molecule has 0 fully saturated rings. The number of aliphatic hydroxyl groups excluding tert-OH is 1. The lowest BCUT2D eigenvalue weighted by Crippen LogP contribution is -2.03. The molecule has 1 heterocycles. The number of ether oxygens (including phenoxy) is 2. The molecular weight excluding hydrogens is 367 g/mol. The average molecular weight is 382 g/mol. The summed E-state index contributed by atoms with van der Waals surface area (Å²) in [7, 11) is 0. The first-order valence-electron chi connectivity index (χ1n) is 6.58. The number of hydrogen-bond acceptors (Lipinski definition) is 3. The number of rotatable bonds is 2. The summed E-state index contributed by atoms with van der Waals surface area (Å²) in [5.41, 5.74) is 1.72. The highest BCUT2D eigenvalue weighted by Crippen LogP contribution is 2.34. The molecule has 0 saturated heterocycles. The van der Waals surface area contributed by atoms with Crippen LogP contribution in [0.4, 0.5) is 0 Å². The minimum atomic E-state index is -0.653. The second-order valence-electron chi connectivity index (χ2n) is 4.68. The molecule has 0 saturated carbocycles. The van der Waals surface area contributed by atoms with Crippen molar-refractivity contribution in [2.45, 2.75) is 12.5 Å². The third-order valence-electron chi connectivity index (χ3n) is 3.29. The summed E-state index contributed by atoms with van der Waals surface area (Å²) in [6.07, 6.45) is 0.226. The molecule has 1 N–H and O–H groups in total. The predicted octanol–water partition coefficient (Wildman–Crippen LogP) is 3.53. The van der Waals surface area contributed by atoms with E-state index in [-0.39, 0.29) is 0 Å². The summed E-state index contributed by atoms with van der Waals surface area (Å²) in [6, 6.07) is 13.5. The first-order chi connectivity index (χ1) is 9.75. The molecular formula is C16H15IO3. The zero-order valence-electron chi connectivity index (χ0n) is 10.9. The quantitative estimate of drug-likeness (QED) is 0.808. The van der Waals surface area contributed by atoms with Gasteiger partial charge in [-0.2, -0.15) is 0 Å². The standard InChI is InChI=1S/C16H15IO3/c17-13-5-2-1-4-12(13)16(18)11-6-7-14-15(10-11)20-9-3-8-19-14/h1-2,4-7,10,16,18H,3,8-9H2. The summed E-state index contributed by atoms with van der Waals surface area (Å²) < 4.78 is 12.3. The molecule has 0 spiro atoms. The first kappa shape index (κ1) is 13.7. The maximum Gasteiger partial charge on any atom is 0.161 e. The van der Waals surface area contributed by atoms with E-state index in [0.717, 1.165) is 26.9 Å². The highest BCUT2D eigenvalue weighted by atomic mass is 127. The molecule has 3 nitrogen and oxygen atoms in total. The van der Waals surface area contributed by atoms with Gasteiger partial charge in [-0.15, -0.1) is 0 Å². The largest absolute Gasteiger partial charge is 0.490 e.